The van der Waals surface area contributed by atoms with Crippen LogP contribution in [0.1, 0.15) is 20.3 Å². The topological polar surface area (TPSA) is 95.5 Å². The molecule has 0 bridgehead atoms. The Morgan fingerprint density at radius 2 is 2.16 bits per heavy atom. The van der Waals surface area contributed by atoms with E-state index in [1.807, 2.05) is 0 Å². The Bertz CT molecular complexity index is 503. The average molecular weight is 306 g/mol. The molecular weight excluding hydrogens is 288 g/mol. The molecule has 0 radical (unpaired) electrons. The number of rotatable bonds is 7. The molecule has 1 aromatic heterocycles. The molecule has 1 amide bonds. The maximum atomic E-state index is 11.7. The summed E-state index contributed by atoms with van der Waals surface area (Å²) in [6, 6.07) is 3.15. The first-order valence-corrected chi connectivity index (χ1v) is 8.09. The molecule has 0 aliphatic heterocycles. The maximum Gasteiger partial charge on any atom is 0.250 e. The van der Waals surface area contributed by atoms with Gasteiger partial charge < -0.3 is 10.4 Å². The summed E-state index contributed by atoms with van der Waals surface area (Å²) < 4.78 is 26.0. The van der Waals surface area contributed by atoms with Crippen molar-refractivity contribution >= 4 is 27.3 Å². The highest BCUT2D eigenvalue weighted by molar-refractivity contribution is 7.91. The fourth-order valence-corrected chi connectivity index (χ4v) is 3.26. The first-order valence-electron chi connectivity index (χ1n) is 5.73. The van der Waals surface area contributed by atoms with E-state index in [2.05, 4.69) is 10.0 Å². The molecule has 0 saturated carbocycles. The van der Waals surface area contributed by atoms with Crippen LogP contribution in [-0.2, 0) is 14.8 Å². The van der Waals surface area contributed by atoms with Crippen LogP contribution >= 0.6 is 11.3 Å². The van der Waals surface area contributed by atoms with Crippen molar-refractivity contribution in [2.75, 3.05) is 13.1 Å². The summed E-state index contributed by atoms with van der Waals surface area (Å²) in [5, 5.41) is 13.6. The molecule has 0 atom stereocenters. The molecule has 0 fully saturated rings. The number of aliphatic hydroxyl groups is 1. The lowest BCUT2D eigenvalue weighted by Crippen LogP contribution is -2.39. The molecule has 1 rings (SSSR count). The third-order valence-corrected chi connectivity index (χ3v) is 4.98. The predicted molar refractivity (Wildman–Crippen MR) is 73.4 cm³/mol. The number of thiophene rings is 1. The van der Waals surface area contributed by atoms with Gasteiger partial charge in [0.05, 0.1) is 5.60 Å². The van der Waals surface area contributed by atoms with Crippen molar-refractivity contribution in [1.29, 1.82) is 0 Å². The second kappa shape index (κ2) is 6.47. The quantitative estimate of drug-likeness (QED) is 0.675. The maximum absolute atomic E-state index is 11.7. The molecule has 1 aromatic rings. The van der Waals surface area contributed by atoms with Crippen molar-refractivity contribution < 1.29 is 18.3 Å². The van der Waals surface area contributed by atoms with E-state index in [0.717, 1.165) is 11.3 Å². The lowest BCUT2D eigenvalue weighted by atomic mass is 10.1. The highest BCUT2D eigenvalue weighted by atomic mass is 32.2. The minimum atomic E-state index is -3.52. The minimum Gasteiger partial charge on any atom is -0.389 e. The van der Waals surface area contributed by atoms with E-state index in [-0.39, 0.29) is 29.6 Å². The van der Waals surface area contributed by atoms with E-state index in [0.29, 0.717) is 0 Å². The van der Waals surface area contributed by atoms with Gasteiger partial charge in [-0.1, -0.05) is 6.07 Å². The molecule has 0 aliphatic carbocycles. The van der Waals surface area contributed by atoms with Gasteiger partial charge in [-0.25, -0.2) is 13.1 Å². The van der Waals surface area contributed by atoms with Crippen LogP contribution in [0.15, 0.2) is 21.7 Å². The van der Waals surface area contributed by atoms with Crippen molar-refractivity contribution in [3.05, 3.63) is 17.5 Å². The summed E-state index contributed by atoms with van der Waals surface area (Å²) in [6.07, 6.45) is 0.0285. The van der Waals surface area contributed by atoms with E-state index in [1.165, 1.54) is 6.07 Å². The molecule has 108 valence electrons. The summed E-state index contributed by atoms with van der Waals surface area (Å²) in [5.74, 6) is -0.309. The molecular formula is C11H18N2O4S2. The van der Waals surface area contributed by atoms with Gasteiger partial charge in [0.15, 0.2) is 0 Å². The Balaban J connectivity index is 2.33. The molecule has 0 unspecified atom stereocenters. The molecule has 3 N–H and O–H groups in total. The SMILES string of the molecule is CC(C)(O)CNC(=O)CCNS(=O)(=O)c1cccs1. The number of amides is 1. The Morgan fingerprint density at radius 1 is 1.47 bits per heavy atom. The molecule has 1 heterocycles. The number of hydrogen-bond donors (Lipinski definition) is 3. The Labute approximate surface area is 116 Å². The first kappa shape index (κ1) is 16.1. The number of nitrogens with one attached hydrogen (secondary N) is 2. The van der Waals surface area contributed by atoms with Crippen molar-refractivity contribution in [1.82, 2.24) is 10.0 Å². The van der Waals surface area contributed by atoms with Crippen LogP contribution in [0.25, 0.3) is 0 Å². The molecule has 0 spiro atoms. The molecule has 8 heteroatoms. The number of hydrogen-bond acceptors (Lipinski definition) is 5. The smallest absolute Gasteiger partial charge is 0.250 e. The van der Waals surface area contributed by atoms with Crippen LogP contribution < -0.4 is 10.0 Å². The fourth-order valence-electron chi connectivity index (χ4n) is 1.19. The third kappa shape index (κ3) is 6.15. The average Bonchev–Trinajstić information content (AvgIpc) is 2.79. The zero-order chi connectivity index (χ0) is 14.5. The van der Waals surface area contributed by atoms with Gasteiger partial charge in [0.1, 0.15) is 4.21 Å². The molecule has 0 aromatic carbocycles. The number of sulfonamides is 1. The second-order valence-electron chi connectivity index (χ2n) is 4.67. The van der Waals surface area contributed by atoms with Crippen molar-refractivity contribution in [3.63, 3.8) is 0 Å². The number of carbonyl (C=O) groups excluding carboxylic acids is 1. The van der Waals surface area contributed by atoms with Crippen LogP contribution in [0.2, 0.25) is 0 Å². The standard InChI is InChI=1S/C11H18N2O4S2/c1-11(2,15)8-12-9(14)5-6-13-19(16,17)10-4-3-7-18-10/h3-4,7,13,15H,5-6,8H2,1-2H3,(H,12,14). The summed E-state index contributed by atoms with van der Waals surface area (Å²) in [5.41, 5.74) is -0.980. The van der Waals surface area contributed by atoms with E-state index in [9.17, 15) is 18.3 Å². The van der Waals surface area contributed by atoms with E-state index < -0.39 is 15.6 Å². The van der Waals surface area contributed by atoms with Crippen molar-refractivity contribution in [3.8, 4) is 0 Å². The fraction of sp³-hybridized carbons (Fsp3) is 0.545. The van der Waals surface area contributed by atoms with Crippen molar-refractivity contribution in [2.24, 2.45) is 0 Å². The van der Waals surface area contributed by atoms with Crippen LogP contribution in [0.5, 0.6) is 0 Å². The zero-order valence-corrected chi connectivity index (χ0v) is 12.5. The largest absolute Gasteiger partial charge is 0.389 e. The second-order valence-corrected chi connectivity index (χ2v) is 7.61. The Kier molecular flexibility index (Phi) is 5.48. The van der Waals surface area contributed by atoms with E-state index in [1.54, 1.807) is 25.3 Å². The predicted octanol–water partition coefficient (Wildman–Crippen LogP) is 0.304. The summed E-state index contributed by atoms with van der Waals surface area (Å²) >= 11 is 1.12. The highest BCUT2D eigenvalue weighted by Gasteiger charge is 2.16. The van der Waals surface area contributed by atoms with Gasteiger partial charge in [0.2, 0.25) is 15.9 Å². The van der Waals surface area contributed by atoms with Crippen LogP contribution in [0.4, 0.5) is 0 Å². The summed E-state index contributed by atoms with van der Waals surface area (Å²) in [4.78, 5) is 11.4. The third-order valence-electron chi connectivity index (χ3n) is 2.12. The van der Waals surface area contributed by atoms with Gasteiger partial charge in [-0.2, -0.15) is 0 Å². The molecule has 0 aliphatic rings. The summed E-state index contributed by atoms with van der Waals surface area (Å²) in [6.45, 7) is 3.31. The Hall–Kier alpha value is -0.960. The van der Waals surface area contributed by atoms with Gasteiger partial charge in [0, 0.05) is 19.5 Å². The lowest BCUT2D eigenvalue weighted by Gasteiger charge is -2.17. The lowest BCUT2D eigenvalue weighted by molar-refractivity contribution is -0.121. The van der Waals surface area contributed by atoms with Crippen LogP contribution in [-0.4, -0.2) is 38.1 Å². The number of carbonyl (C=O) groups is 1. The Morgan fingerprint density at radius 3 is 2.68 bits per heavy atom. The normalized spacial score (nSPS) is 12.4. The van der Waals surface area contributed by atoms with Gasteiger partial charge >= 0.3 is 0 Å². The monoisotopic (exact) mass is 306 g/mol. The minimum absolute atomic E-state index is 0.0257. The van der Waals surface area contributed by atoms with Gasteiger partial charge in [-0.3, -0.25) is 4.79 Å². The van der Waals surface area contributed by atoms with Crippen LogP contribution in [0.3, 0.4) is 0 Å². The van der Waals surface area contributed by atoms with Gasteiger partial charge in [-0.15, -0.1) is 11.3 Å². The van der Waals surface area contributed by atoms with Gasteiger partial charge in [-0.05, 0) is 25.3 Å². The summed E-state index contributed by atoms with van der Waals surface area (Å²) in [7, 11) is -3.52. The van der Waals surface area contributed by atoms with Gasteiger partial charge in [0.25, 0.3) is 0 Å². The van der Waals surface area contributed by atoms with E-state index in [4.69, 9.17) is 0 Å². The highest BCUT2D eigenvalue weighted by Crippen LogP contribution is 2.14. The first-order chi connectivity index (χ1) is 8.71. The molecule has 0 saturated heterocycles. The molecule has 6 nitrogen and oxygen atoms in total. The van der Waals surface area contributed by atoms with Crippen molar-refractivity contribution in [2.45, 2.75) is 30.1 Å². The van der Waals surface area contributed by atoms with E-state index >= 15 is 0 Å². The van der Waals surface area contributed by atoms with Crippen LogP contribution in [0, 0.1) is 0 Å². The molecule has 19 heavy (non-hydrogen) atoms. The zero-order valence-electron chi connectivity index (χ0n) is 10.8.